The topological polar surface area (TPSA) is 64.2 Å². The van der Waals surface area contributed by atoms with Gasteiger partial charge >= 0.3 is 0 Å². The zero-order valence-corrected chi connectivity index (χ0v) is 11.0. The van der Waals surface area contributed by atoms with E-state index in [2.05, 4.69) is 10.00 Å². The summed E-state index contributed by atoms with van der Waals surface area (Å²) < 4.78 is 2.00. The van der Waals surface area contributed by atoms with Crippen molar-refractivity contribution in [2.24, 2.45) is 5.92 Å². The van der Waals surface area contributed by atoms with Gasteiger partial charge in [-0.3, -0.25) is 9.48 Å². The summed E-state index contributed by atoms with van der Waals surface area (Å²) in [4.78, 5) is 14.6. The van der Waals surface area contributed by atoms with Gasteiger partial charge in [0.15, 0.2) is 0 Å². The predicted octanol–water partition coefficient (Wildman–Crippen LogP) is 1.57. The number of carbonyl (C=O) groups excluding carboxylic acids is 1. The monoisotopic (exact) mass is 260 g/mol. The molecule has 0 radical (unpaired) electrons. The van der Waals surface area contributed by atoms with E-state index in [9.17, 15) is 4.79 Å². The molecule has 2 N–H and O–H groups in total. The van der Waals surface area contributed by atoms with Gasteiger partial charge in [0.2, 0.25) is 5.91 Å². The van der Waals surface area contributed by atoms with Crippen molar-refractivity contribution in [3.05, 3.63) is 12.4 Å². The zero-order valence-electron chi connectivity index (χ0n) is 11.0. The number of anilines is 1. The fraction of sp³-hybridized carbons (Fsp3) is 0.714. The number of nitrogens with zero attached hydrogens (tertiary/aromatic N) is 3. The van der Waals surface area contributed by atoms with Crippen LogP contribution in [0.1, 0.15) is 44.6 Å². The number of nitrogen functional groups attached to an aromatic ring is 1. The lowest BCUT2D eigenvalue weighted by Gasteiger charge is -2.39. The Hall–Kier alpha value is -1.52. The molecule has 2 saturated heterocycles. The van der Waals surface area contributed by atoms with E-state index < -0.39 is 0 Å². The van der Waals surface area contributed by atoms with Gasteiger partial charge in [-0.1, -0.05) is 0 Å². The van der Waals surface area contributed by atoms with Gasteiger partial charge in [0.1, 0.15) is 0 Å². The van der Waals surface area contributed by atoms with Gasteiger partial charge < -0.3 is 10.6 Å². The van der Waals surface area contributed by atoms with Crippen LogP contribution in [0.15, 0.2) is 12.4 Å². The molecule has 1 aromatic rings. The maximum Gasteiger partial charge on any atom is 0.226 e. The van der Waals surface area contributed by atoms with Crippen LogP contribution >= 0.6 is 0 Å². The minimum Gasteiger partial charge on any atom is -0.396 e. The second kappa shape index (κ2) is 3.99. The number of carbonyl (C=O) groups is 1. The summed E-state index contributed by atoms with van der Waals surface area (Å²) in [5.41, 5.74) is 6.47. The lowest BCUT2D eigenvalue weighted by Crippen LogP contribution is -2.47. The molecule has 0 aromatic carbocycles. The van der Waals surface area contributed by atoms with Crippen LogP contribution in [-0.2, 0) is 4.79 Å². The Morgan fingerprint density at radius 1 is 1.16 bits per heavy atom. The Morgan fingerprint density at radius 3 is 2.37 bits per heavy atom. The first-order chi connectivity index (χ1) is 9.22. The molecule has 102 valence electrons. The third-order valence-electron chi connectivity index (χ3n) is 4.88. The average molecular weight is 260 g/mol. The van der Waals surface area contributed by atoms with Crippen molar-refractivity contribution in [3.8, 4) is 0 Å². The van der Waals surface area contributed by atoms with Crippen LogP contribution in [0.2, 0.25) is 0 Å². The molecule has 3 aliphatic rings. The summed E-state index contributed by atoms with van der Waals surface area (Å²) in [6.45, 7) is 0. The zero-order chi connectivity index (χ0) is 13.0. The van der Waals surface area contributed by atoms with E-state index in [1.165, 1.54) is 0 Å². The van der Waals surface area contributed by atoms with Crippen molar-refractivity contribution in [2.75, 3.05) is 5.73 Å². The molecule has 1 saturated carbocycles. The molecule has 0 spiro atoms. The number of aromatic nitrogens is 2. The average Bonchev–Trinajstić information content (AvgIpc) is 3.11. The first-order valence-corrected chi connectivity index (χ1v) is 7.34. The first kappa shape index (κ1) is 11.3. The Kier molecular flexibility index (Phi) is 2.37. The molecule has 19 heavy (non-hydrogen) atoms. The summed E-state index contributed by atoms with van der Waals surface area (Å²) in [5.74, 6) is 0.769. The van der Waals surface area contributed by atoms with E-state index in [-0.39, 0.29) is 0 Å². The van der Waals surface area contributed by atoms with Crippen LogP contribution in [0, 0.1) is 5.92 Å². The van der Waals surface area contributed by atoms with Gasteiger partial charge in [-0.25, -0.2) is 0 Å². The third kappa shape index (κ3) is 1.83. The molecule has 4 rings (SSSR count). The smallest absolute Gasteiger partial charge is 0.226 e. The summed E-state index contributed by atoms with van der Waals surface area (Å²) in [6, 6.07) is 1.28. The van der Waals surface area contributed by atoms with Crippen LogP contribution < -0.4 is 5.73 Å². The number of amides is 1. The highest BCUT2D eigenvalue weighted by Gasteiger charge is 2.47. The molecule has 3 atom stereocenters. The Balaban J connectivity index is 1.53. The van der Waals surface area contributed by atoms with Crippen LogP contribution in [0.25, 0.3) is 0 Å². The molecule has 1 amide bonds. The van der Waals surface area contributed by atoms with Gasteiger partial charge in [-0.15, -0.1) is 0 Å². The van der Waals surface area contributed by atoms with E-state index in [1.54, 1.807) is 6.20 Å². The van der Waals surface area contributed by atoms with Crippen molar-refractivity contribution in [1.29, 1.82) is 0 Å². The largest absolute Gasteiger partial charge is 0.396 e. The molecule has 3 heterocycles. The summed E-state index contributed by atoms with van der Waals surface area (Å²) in [7, 11) is 0. The molecule has 1 aliphatic carbocycles. The number of fused-ring (bicyclic) bond motifs is 2. The van der Waals surface area contributed by atoms with Gasteiger partial charge in [-0.2, -0.15) is 5.10 Å². The number of hydrogen-bond acceptors (Lipinski definition) is 3. The summed E-state index contributed by atoms with van der Waals surface area (Å²) >= 11 is 0. The Labute approximate surface area is 112 Å². The molecule has 1 aromatic heterocycles. The fourth-order valence-electron chi connectivity index (χ4n) is 3.82. The van der Waals surface area contributed by atoms with Gasteiger partial charge in [0.05, 0.1) is 17.9 Å². The van der Waals surface area contributed by atoms with Crippen LogP contribution in [0.4, 0.5) is 5.69 Å². The van der Waals surface area contributed by atoms with E-state index in [4.69, 9.17) is 5.73 Å². The highest BCUT2D eigenvalue weighted by molar-refractivity contribution is 5.82. The quantitative estimate of drug-likeness (QED) is 0.878. The van der Waals surface area contributed by atoms with Crippen molar-refractivity contribution in [2.45, 2.75) is 56.7 Å². The van der Waals surface area contributed by atoms with Crippen molar-refractivity contribution in [3.63, 3.8) is 0 Å². The maximum absolute atomic E-state index is 12.4. The highest BCUT2D eigenvalue weighted by Crippen LogP contribution is 2.44. The molecule has 5 heteroatoms. The fourth-order valence-corrected chi connectivity index (χ4v) is 3.82. The Morgan fingerprint density at radius 2 is 1.84 bits per heavy atom. The lowest BCUT2D eigenvalue weighted by molar-refractivity contribution is -0.137. The third-order valence-corrected chi connectivity index (χ3v) is 4.88. The summed E-state index contributed by atoms with van der Waals surface area (Å²) in [6.07, 6.45) is 10.2. The molecule has 3 fully saturated rings. The number of rotatable bonds is 2. The van der Waals surface area contributed by atoms with Crippen molar-refractivity contribution >= 4 is 11.6 Å². The molecule has 1 unspecified atom stereocenters. The minimum absolute atomic E-state index is 0.347. The van der Waals surface area contributed by atoms with E-state index in [0.29, 0.717) is 30.0 Å². The second-order valence-electron chi connectivity index (χ2n) is 6.28. The lowest BCUT2D eigenvalue weighted by atomic mass is 9.97. The summed E-state index contributed by atoms with van der Waals surface area (Å²) in [5, 5.41) is 4.34. The second-order valence-corrected chi connectivity index (χ2v) is 6.28. The SMILES string of the molecule is Nc1cnn(C2C[C@H]3CC[C@@H](C2)N3C(=O)C2CC2)c1. The van der Waals surface area contributed by atoms with Gasteiger partial charge in [0.25, 0.3) is 0 Å². The standard InChI is InChI=1S/C14H20N4O/c15-10-7-16-17(8-10)13-5-11-3-4-12(6-13)18(11)14(19)9-1-2-9/h7-9,11-13H,1-6,15H2/t11-,12+,13?. The van der Waals surface area contributed by atoms with Crippen LogP contribution in [0.5, 0.6) is 0 Å². The number of hydrogen-bond donors (Lipinski definition) is 1. The normalized spacial score (nSPS) is 33.7. The van der Waals surface area contributed by atoms with Gasteiger partial charge in [-0.05, 0) is 38.5 Å². The van der Waals surface area contributed by atoms with Crippen LogP contribution in [-0.4, -0.2) is 32.7 Å². The maximum atomic E-state index is 12.4. The molecular weight excluding hydrogens is 240 g/mol. The van der Waals surface area contributed by atoms with E-state index >= 15 is 0 Å². The predicted molar refractivity (Wildman–Crippen MR) is 71.3 cm³/mol. The minimum atomic E-state index is 0.347. The molecule has 5 nitrogen and oxygen atoms in total. The van der Waals surface area contributed by atoms with Crippen molar-refractivity contribution in [1.82, 2.24) is 14.7 Å². The molecular formula is C14H20N4O. The van der Waals surface area contributed by atoms with E-state index in [0.717, 1.165) is 44.2 Å². The van der Waals surface area contributed by atoms with Crippen molar-refractivity contribution < 1.29 is 4.79 Å². The number of piperidine rings is 1. The molecule has 2 bridgehead atoms. The highest BCUT2D eigenvalue weighted by atomic mass is 16.2. The van der Waals surface area contributed by atoms with Gasteiger partial charge in [0, 0.05) is 24.2 Å². The first-order valence-electron chi connectivity index (χ1n) is 7.34. The van der Waals surface area contributed by atoms with Crippen LogP contribution in [0.3, 0.4) is 0 Å². The van der Waals surface area contributed by atoms with E-state index in [1.807, 2.05) is 10.9 Å². The molecule has 2 aliphatic heterocycles. The number of nitrogens with two attached hydrogens (primary N) is 1. The Bertz CT molecular complexity index is 493.